The highest BCUT2D eigenvalue weighted by atomic mass is 35.5. The Morgan fingerprint density at radius 1 is 1.07 bits per heavy atom. The molecule has 2 aromatic rings. The van der Waals surface area contributed by atoms with E-state index >= 15 is 0 Å². The molecule has 0 unspecified atom stereocenters. The molecule has 2 aromatic carbocycles. The molecule has 0 spiro atoms. The molecule has 1 saturated heterocycles. The van der Waals surface area contributed by atoms with Gasteiger partial charge in [-0.25, -0.2) is 0 Å². The van der Waals surface area contributed by atoms with Gasteiger partial charge in [0.15, 0.2) is 0 Å². The third kappa shape index (κ3) is 5.22. The fourth-order valence-electron chi connectivity index (χ4n) is 3.25. The van der Waals surface area contributed by atoms with E-state index in [9.17, 15) is 4.79 Å². The maximum Gasteiger partial charge on any atom is 0.227 e. The summed E-state index contributed by atoms with van der Waals surface area (Å²) >= 11 is 0. The molecule has 1 aliphatic heterocycles. The Bertz CT molecular complexity index is 718. The summed E-state index contributed by atoms with van der Waals surface area (Å²) in [6.07, 6.45) is 1.35. The van der Waals surface area contributed by atoms with E-state index in [0.717, 1.165) is 16.9 Å². The third-order valence-corrected chi connectivity index (χ3v) is 4.94. The van der Waals surface area contributed by atoms with Gasteiger partial charge in [0.1, 0.15) is 12.4 Å². The largest absolute Gasteiger partial charge is 0.491 e. The van der Waals surface area contributed by atoms with Gasteiger partial charge in [0, 0.05) is 25.3 Å². The predicted molar refractivity (Wildman–Crippen MR) is 109 cm³/mol. The summed E-state index contributed by atoms with van der Waals surface area (Å²) in [5.41, 5.74) is 7.52. The van der Waals surface area contributed by atoms with Crippen LogP contribution in [-0.4, -0.2) is 38.8 Å². The molecule has 0 radical (unpaired) electrons. The molecule has 0 aliphatic carbocycles. The van der Waals surface area contributed by atoms with Crippen molar-refractivity contribution in [2.45, 2.75) is 12.8 Å². The van der Waals surface area contributed by atoms with Gasteiger partial charge in [-0.3, -0.25) is 4.79 Å². The van der Waals surface area contributed by atoms with E-state index in [4.69, 9.17) is 15.2 Å². The van der Waals surface area contributed by atoms with E-state index in [1.165, 1.54) is 0 Å². The smallest absolute Gasteiger partial charge is 0.227 e. The molecule has 146 valence electrons. The molecule has 6 heteroatoms. The van der Waals surface area contributed by atoms with E-state index in [2.05, 4.69) is 17.4 Å². The molecule has 0 saturated carbocycles. The second kappa shape index (κ2) is 10.3. The van der Waals surface area contributed by atoms with E-state index < -0.39 is 5.41 Å². The Hall–Kier alpha value is -2.08. The fraction of sp³-hybridized carbons (Fsp3) is 0.381. The number of carbonyl (C=O) groups is 1. The Balaban J connectivity index is 0.00000261. The van der Waals surface area contributed by atoms with Crippen LogP contribution in [-0.2, 0) is 9.53 Å². The highest BCUT2D eigenvalue weighted by Gasteiger charge is 2.38. The lowest BCUT2D eigenvalue weighted by Crippen LogP contribution is -2.49. The van der Waals surface area contributed by atoms with Crippen LogP contribution in [0.25, 0.3) is 11.1 Å². The average Bonchev–Trinajstić information content (AvgIpc) is 2.72. The fourth-order valence-corrected chi connectivity index (χ4v) is 3.25. The Morgan fingerprint density at radius 3 is 2.44 bits per heavy atom. The van der Waals surface area contributed by atoms with Crippen molar-refractivity contribution in [1.29, 1.82) is 0 Å². The molecular formula is C21H27ClN2O3. The molecule has 0 atom stereocenters. The number of carbonyl (C=O) groups excluding carboxylic acids is 1. The molecule has 3 rings (SSSR count). The Kier molecular flexibility index (Phi) is 8.10. The molecule has 1 fully saturated rings. The van der Waals surface area contributed by atoms with Gasteiger partial charge >= 0.3 is 0 Å². The number of hydrogen-bond acceptors (Lipinski definition) is 4. The van der Waals surface area contributed by atoms with Crippen LogP contribution in [0.15, 0.2) is 54.6 Å². The standard InChI is InChI=1S/C21H26N2O3.ClH/c22-16-21(10-13-25-14-11-21)20(24)23-12-15-26-19-9-5-4-8-18(19)17-6-2-1-3-7-17;/h1-9H,10-16,22H2,(H,23,24);1H. The minimum absolute atomic E-state index is 0. The van der Waals surface area contributed by atoms with Crippen molar-refractivity contribution < 1.29 is 14.3 Å². The zero-order chi connectivity index (χ0) is 18.2. The van der Waals surface area contributed by atoms with Gasteiger partial charge in [-0.15, -0.1) is 12.4 Å². The van der Waals surface area contributed by atoms with E-state index in [1.54, 1.807) is 0 Å². The zero-order valence-electron chi connectivity index (χ0n) is 15.4. The molecule has 3 N–H and O–H groups in total. The Morgan fingerprint density at radius 2 is 1.74 bits per heavy atom. The number of halogens is 1. The van der Waals surface area contributed by atoms with Gasteiger partial charge in [0.05, 0.1) is 12.0 Å². The summed E-state index contributed by atoms with van der Waals surface area (Å²) in [6.45, 7) is 2.38. The number of para-hydroxylation sites is 1. The number of ether oxygens (including phenoxy) is 2. The SMILES string of the molecule is Cl.NCC1(C(=O)NCCOc2ccccc2-c2ccccc2)CCOCC1. The molecule has 27 heavy (non-hydrogen) atoms. The van der Waals surface area contributed by atoms with Crippen molar-refractivity contribution in [3.8, 4) is 16.9 Å². The van der Waals surface area contributed by atoms with Gasteiger partial charge in [-0.05, 0) is 24.5 Å². The number of rotatable bonds is 7. The molecule has 0 aromatic heterocycles. The van der Waals surface area contributed by atoms with Crippen LogP contribution in [0, 0.1) is 5.41 Å². The average molecular weight is 391 g/mol. The second-order valence-corrected chi connectivity index (χ2v) is 6.56. The van der Waals surface area contributed by atoms with E-state index in [0.29, 0.717) is 45.8 Å². The monoisotopic (exact) mass is 390 g/mol. The molecule has 1 heterocycles. The summed E-state index contributed by atoms with van der Waals surface area (Å²) in [4.78, 5) is 12.5. The first kappa shape index (κ1) is 21.2. The minimum Gasteiger partial charge on any atom is -0.491 e. The van der Waals surface area contributed by atoms with Crippen molar-refractivity contribution in [1.82, 2.24) is 5.32 Å². The van der Waals surface area contributed by atoms with Crippen molar-refractivity contribution in [2.24, 2.45) is 11.1 Å². The summed E-state index contributed by atoms with van der Waals surface area (Å²) in [6, 6.07) is 18.0. The normalized spacial score (nSPS) is 15.4. The first-order chi connectivity index (χ1) is 12.7. The highest BCUT2D eigenvalue weighted by Crippen LogP contribution is 2.30. The van der Waals surface area contributed by atoms with E-state index in [1.807, 2.05) is 42.5 Å². The van der Waals surface area contributed by atoms with Crippen LogP contribution in [0.1, 0.15) is 12.8 Å². The first-order valence-corrected chi connectivity index (χ1v) is 9.08. The number of nitrogens with one attached hydrogen (secondary N) is 1. The lowest BCUT2D eigenvalue weighted by Gasteiger charge is -2.34. The summed E-state index contributed by atoms with van der Waals surface area (Å²) in [5.74, 6) is 0.816. The summed E-state index contributed by atoms with van der Waals surface area (Å²) in [5, 5.41) is 2.97. The second-order valence-electron chi connectivity index (χ2n) is 6.56. The molecule has 1 amide bonds. The highest BCUT2D eigenvalue weighted by molar-refractivity contribution is 5.85. The molecule has 1 aliphatic rings. The van der Waals surface area contributed by atoms with Crippen molar-refractivity contribution >= 4 is 18.3 Å². The van der Waals surface area contributed by atoms with Gasteiger partial charge in [0.25, 0.3) is 0 Å². The number of nitrogens with two attached hydrogens (primary N) is 1. The minimum atomic E-state index is -0.500. The Labute approximate surface area is 166 Å². The number of amides is 1. The van der Waals surface area contributed by atoms with Crippen LogP contribution in [0.2, 0.25) is 0 Å². The quantitative estimate of drug-likeness (QED) is 0.713. The van der Waals surface area contributed by atoms with Crippen molar-refractivity contribution in [2.75, 3.05) is 32.9 Å². The zero-order valence-corrected chi connectivity index (χ0v) is 16.2. The number of hydrogen-bond donors (Lipinski definition) is 2. The summed E-state index contributed by atoms with van der Waals surface area (Å²) in [7, 11) is 0. The van der Waals surface area contributed by atoms with Crippen LogP contribution >= 0.6 is 12.4 Å². The van der Waals surface area contributed by atoms with Gasteiger partial charge in [0.2, 0.25) is 5.91 Å². The third-order valence-electron chi connectivity index (χ3n) is 4.94. The van der Waals surface area contributed by atoms with Crippen LogP contribution in [0.5, 0.6) is 5.75 Å². The molecule has 0 bridgehead atoms. The predicted octanol–water partition coefficient (Wildman–Crippen LogP) is 3.03. The summed E-state index contributed by atoms with van der Waals surface area (Å²) < 4.78 is 11.3. The lowest BCUT2D eigenvalue weighted by molar-refractivity contribution is -0.136. The van der Waals surface area contributed by atoms with Crippen molar-refractivity contribution in [3.05, 3.63) is 54.6 Å². The maximum atomic E-state index is 12.5. The molecular weight excluding hydrogens is 364 g/mol. The maximum absolute atomic E-state index is 12.5. The number of benzene rings is 2. The molecule has 5 nitrogen and oxygen atoms in total. The van der Waals surface area contributed by atoms with Gasteiger partial charge in [-0.2, -0.15) is 0 Å². The van der Waals surface area contributed by atoms with Gasteiger partial charge < -0.3 is 20.5 Å². The van der Waals surface area contributed by atoms with Gasteiger partial charge in [-0.1, -0.05) is 48.5 Å². The van der Waals surface area contributed by atoms with Crippen LogP contribution in [0.4, 0.5) is 0 Å². The topological polar surface area (TPSA) is 73.6 Å². The van der Waals surface area contributed by atoms with Crippen molar-refractivity contribution in [3.63, 3.8) is 0 Å². The van der Waals surface area contributed by atoms with E-state index in [-0.39, 0.29) is 18.3 Å². The van der Waals surface area contributed by atoms with Crippen LogP contribution < -0.4 is 15.8 Å². The van der Waals surface area contributed by atoms with Crippen LogP contribution in [0.3, 0.4) is 0 Å². The first-order valence-electron chi connectivity index (χ1n) is 9.08. The lowest BCUT2D eigenvalue weighted by atomic mass is 9.79.